The Morgan fingerprint density at radius 1 is 1.19 bits per heavy atom. The van der Waals surface area contributed by atoms with E-state index in [1.54, 1.807) is 7.11 Å². The van der Waals surface area contributed by atoms with Crippen LogP contribution in [0.25, 0.3) is 10.1 Å². The lowest BCUT2D eigenvalue weighted by atomic mass is 9.85. The highest BCUT2D eigenvalue weighted by Gasteiger charge is 2.21. The van der Waals surface area contributed by atoms with Crippen molar-refractivity contribution >= 4 is 21.4 Å². The SMILES string of the molecule is COc1ccc2c(C(C)(C)C)c(C)sc2c1. The number of hydrogen-bond acceptors (Lipinski definition) is 2. The number of methoxy groups -OCH3 is 1. The first-order valence-corrected chi connectivity index (χ1v) is 6.33. The van der Waals surface area contributed by atoms with Crippen LogP contribution in [0.4, 0.5) is 0 Å². The molecule has 86 valence electrons. The number of benzene rings is 1. The van der Waals surface area contributed by atoms with Crippen LogP contribution in [0.1, 0.15) is 31.2 Å². The second-order valence-electron chi connectivity index (χ2n) is 5.15. The number of fused-ring (bicyclic) bond motifs is 1. The van der Waals surface area contributed by atoms with Crippen molar-refractivity contribution in [3.8, 4) is 5.75 Å². The molecule has 0 aliphatic heterocycles. The van der Waals surface area contributed by atoms with Crippen molar-refractivity contribution in [1.29, 1.82) is 0 Å². The molecule has 0 bridgehead atoms. The predicted molar refractivity (Wildman–Crippen MR) is 71.8 cm³/mol. The van der Waals surface area contributed by atoms with E-state index in [9.17, 15) is 0 Å². The Kier molecular flexibility index (Phi) is 2.70. The molecular formula is C14H18OS. The summed E-state index contributed by atoms with van der Waals surface area (Å²) in [5.74, 6) is 0.939. The van der Waals surface area contributed by atoms with Gasteiger partial charge >= 0.3 is 0 Å². The maximum Gasteiger partial charge on any atom is 0.120 e. The number of ether oxygens (including phenoxy) is 1. The zero-order valence-electron chi connectivity index (χ0n) is 10.5. The smallest absolute Gasteiger partial charge is 0.120 e. The van der Waals surface area contributed by atoms with E-state index in [0.717, 1.165) is 5.75 Å². The lowest BCUT2D eigenvalue weighted by Gasteiger charge is -2.19. The molecule has 0 saturated heterocycles. The summed E-state index contributed by atoms with van der Waals surface area (Å²) in [6, 6.07) is 6.35. The standard InChI is InChI=1S/C14H18OS/c1-9-13(14(2,3)4)11-7-6-10(15-5)8-12(11)16-9/h6-8H,1-5H3. The van der Waals surface area contributed by atoms with Crippen LogP contribution in [-0.2, 0) is 5.41 Å². The molecule has 2 rings (SSSR count). The van der Waals surface area contributed by atoms with Crippen LogP contribution < -0.4 is 4.74 Å². The van der Waals surface area contributed by atoms with E-state index >= 15 is 0 Å². The fraction of sp³-hybridized carbons (Fsp3) is 0.429. The molecule has 1 nitrogen and oxygen atoms in total. The lowest BCUT2D eigenvalue weighted by Crippen LogP contribution is -2.11. The second kappa shape index (κ2) is 3.77. The minimum absolute atomic E-state index is 0.205. The van der Waals surface area contributed by atoms with E-state index in [1.807, 2.05) is 17.4 Å². The van der Waals surface area contributed by atoms with Crippen molar-refractivity contribution < 1.29 is 4.74 Å². The van der Waals surface area contributed by atoms with Gasteiger partial charge in [-0.1, -0.05) is 20.8 Å². The zero-order valence-corrected chi connectivity index (χ0v) is 11.4. The Bertz CT molecular complexity index is 517. The lowest BCUT2D eigenvalue weighted by molar-refractivity contribution is 0.415. The van der Waals surface area contributed by atoms with Crippen molar-refractivity contribution in [2.45, 2.75) is 33.1 Å². The molecular weight excluding hydrogens is 216 g/mol. The Hall–Kier alpha value is -1.02. The summed E-state index contributed by atoms with van der Waals surface area (Å²) in [5, 5.41) is 1.37. The van der Waals surface area contributed by atoms with Crippen molar-refractivity contribution in [2.75, 3.05) is 7.11 Å². The van der Waals surface area contributed by atoms with E-state index < -0.39 is 0 Å². The Labute approximate surface area is 101 Å². The summed E-state index contributed by atoms with van der Waals surface area (Å²) in [7, 11) is 1.71. The van der Waals surface area contributed by atoms with Gasteiger partial charge in [0.2, 0.25) is 0 Å². The van der Waals surface area contributed by atoms with Crippen LogP contribution in [0.2, 0.25) is 0 Å². The maximum atomic E-state index is 5.26. The summed E-state index contributed by atoms with van der Waals surface area (Å²) in [4.78, 5) is 1.41. The molecule has 2 aromatic rings. The van der Waals surface area contributed by atoms with Gasteiger partial charge in [-0.2, -0.15) is 0 Å². The van der Waals surface area contributed by atoms with Crippen LogP contribution in [0, 0.1) is 6.92 Å². The number of thiophene rings is 1. The minimum Gasteiger partial charge on any atom is -0.497 e. The third kappa shape index (κ3) is 1.82. The number of hydrogen-bond donors (Lipinski definition) is 0. The molecule has 1 heterocycles. The molecule has 1 aromatic heterocycles. The van der Waals surface area contributed by atoms with Crippen LogP contribution in [0.15, 0.2) is 18.2 Å². The molecule has 0 aliphatic carbocycles. The van der Waals surface area contributed by atoms with Gasteiger partial charge < -0.3 is 4.74 Å². The van der Waals surface area contributed by atoms with Crippen molar-refractivity contribution in [2.24, 2.45) is 0 Å². The van der Waals surface area contributed by atoms with Crippen LogP contribution in [0.3, 0.4) is 0 Å². The van der Waals surface area contributed by atoms with Crippen molar-refractivity contribution in [1.82, 2.24) is 0 Å². The van der Waals surface area contributed by atoms with Gasteiger partial charge in [0.1, 0.15) is 5.75 Å². The molecule has 0 amide bonds. The van der Waals surface area contributed by atoms with Gasteiger partial charge in [-0.15, -0.1) is 11.3 Å². The third-order valence-electron chi connectivity index (χ3n) is 2.82. The van der Waals surface area contributed by atoms with Crippen molar-refractivity contribution in [3.05, 3.63) is 28.6 Å². The Morgan fingerprint density at radius 2 is 1.88 bits per heavy atom. The van der Waals surface area contributed by atoms with E-state index in [2.05, 4.69) is 39.8 Å². The first-order valence-electron chi connectivity index (χ1n) is 5.51. The third-order valence-corrected chi connectivity index (χ3v) is 3.89. The van der Waals surface area contributed by atoms with E-state index in [1.165, 1.54) is 20.5 Å². The molecule has 16 heavy (non-hydrogen) atoms. The quantitative estimate of drug-likeness (QED) is 0.705. The second-order valence-corrected chi connectivity index (χ2v) is 6.40. The fourth-order valence-corrected chi connectivity index (χ4v) is 3.56. The summed E-state index contributed by atoms with van der Waals surface area (Å²) in [5.41, 5.74) is 1.67. The molecule has 0 radical (unpaired) electrons. The average molecular weight is 234 g/mol. The van der Waals surface area contributed by atoms with Gasteiger partial charge in [0.25, 0.3) is 0 Å². The van der Waals surface area contributed by atoms with Gasteiger partial charge in [0.15, 0.2) is 0 Å². The highest BCUT2D eigenvalue weighted by Crippen LogP contribution is 2.39. The Balaban J connectivity index is 2.72. The predicted octanol–water partition coefficient (Wildman–Crippen LogP) is 4.52. The molecule has 0 N–H and O–H groups in total. The topological polar surface area (TPSA) is 9.23 Å². The van der Waals surface area contributed by atoms with E-state index in [0.29, 0.717) is 0 Å². The maximum absolute atomic E-state index is 5.26. The van der Waals surface area contributed by atoms with Crippen molar-refractivity contribution in [3.63, 3.8) is 0 Å². The van der Waals surface area contributed by atoms with Gasteiger partial charge in [-0.05, 0) is 41.5 Å². The summed E-state index contributed by atoms with van der Waals surface area (Å²) < 4.78 is 6.58. The van der Waals surface area contributed by atoms with Gasteiger partial charge in [-0.3, -0.25) is 0 Å². The summed E-state index contributed by atoms with van der Waals surface area (Å²) in [6.07, 6.45) is 0. The first kappa shape index (κ1) is 11.5. The molecule has 0 aliphatic rings. The molecule has 0 atom stereocenters. The van der Waals surface area contributed by atoms with Crippen LogP contribution in [0.5, 0.6) is 5.75 Å². The molecule has 0 spiro atoms. The summed E-state index contributed by atoms with van der Waals surface area (Å²) >= 11 is 1.86. The van der Waals surface area contributed by atoms with Gasteiger partial charge in [-0.25, -0.2) is 0 Å². The highest BCUT2D eigenvalue weighted by molar-refractivity contribution is 7.19. The Morgan fingerprint density at radius 3 is 2.44 bits per heavy atom. The number of rotatable bonds is 1. The van der Waals surface area contributed by atoms with Gasteiger partial charge in [0.05, 0.1) is 7.11 Å². The zero-order chi connectivity index (χ0) is 11.9. The first-order chi connectivity index (χ1) is 7.43. The molecule has 0 saturated carbocycles. The summed E-state index contributed by atoms with van der Waals surface area (Å²) in [6.45, 7) is 9.01. The normalized spacial score (nSPS) is 12.1. The highest BCUT2D eigenvalue weighted by atomic mass is 32.1. The minimum atomic E-state index is 0.205. The van der Waals surface area contributed by atoms with E-state index in [4.69, 9.17) is 4.74 Å². The molecule has 0 unspecified atom stereocenters. The van der Waals surface area contributed by atoms with E-state index in [-0.39, 0.29) is 5.41 Å². The van der Waals surface area contributed by atoms with Gasteiger partial charge in [0, 0.05) is 9.58 Å². The number of aryl methyl sites for hydroxylation is 1. The largest absolute Gasteiger partial charge is 0.497 e. The molecule has 2 heteroatoms. The average Bonchev–Trinajstić information content (AvgIpc) is 2.51. The monoisotopic (exact) mass is 234 g/mol. The fourth-order valence-electron chi connectivity index (χ4n) is 2.26. The molecule has 0 fully saturated rings. The van der Waals surface area contributed by atoms with Crippen LogP contribution in [-0.4, -0.2) is 7.11 Å². The molecule has 1 aromatic carbocycles. The van der Waals surface area contributed by atoms with Crippen LogP contribution >= 0.6 is 11.3 Å².